The van der Waals surface area contributed by atoms with Crippen molar-refractivity contribution in [2.24, 2.45) is 0 Å². The van der Waals surface area contributed by atoms with Crippen LogP contribution in [0.1, 0.15) is 0 Å². The summed E-state index contributed by atoms with van der Waals surface area (Å²) in [7, 11) is -3.64. The fourth-order valence-corrected chi connectivity index (χ4v) is 3.25. The lowest BCUT2D eigenvalue weighted by Crippen LogP contribution is -2.11. The van der Waals surface area contributed by atoms with Gasteiger partial charge >= 0.3 is 0 Å². The second kappa shape index (κ2) is 4.34. The fraction of sp³-hybridized carbons (Fsp3) is 0. The largest absolute Gasteiger partial charge is 0.396 e. The highest BCUT2D eigenvalue weighted by Crippen LogP contribution is 2.22. The summed E-state index contributed by atoms with van der Waals surface area (Å²) in [6.45, 7) is 0. The van der Waals surface area contributed by atoms with Crippen LogP contribution in [0, 0.1) is 5.82 Å². The SMILES string of the molecule is Nc1ccc(NS(=O)(=O)c2cccs2)cc1F. The Bertz CT molecular complexity index is 624. The van der Waals surface area contributed by atoms with Crippen molar-refractivity contribution in [3.63, 3.8) is 0 Å². The number of thiophene rings is 1. The molecule has 0 aliphatic rings. The Morgan fingerprint density at radius 2 is 2.06 bits per heavy atom. The van der Waals surface area contributed by atoms with E-state index >= 15 is 0 Å². The first-order valence-electron chi connectivity index (χ1n) is 4.60. The van der Waals surface area contributed by atoms with Gasteiger partial charge in [0.1, 0.15) is 10.0 Å². The minimum atomic E-state index is -3.64. The molecule has 2 rings (SSSR count). The van der Waals surface area contributed by atoms with Gasteiger partial charge in [0.05, 0.1) is 11.4 Å². The summed E-state index contributed by atoms with van der Waals surface area (Å²) < 4.78 is 39.2. The summed E-state index contributed by atoms with van der Waals surface area (Å²) in [6.07, 6.45) is 0. The van der Waals surface area contributed by atoms with E-state index in [1.165, 1.54) is 18.2 Å². The van der Waals surface area contributed by atoms with Crippen LogP contribution in [-0.2, 0) is 10.0 Å². The van der Waals surface area contributed by atoms with Gasteiger partial charge in [-0.2, -0.15) is 0 Å². The van der Waals surface area contributed by atoms with Crippen molar-refractivity contribution in [3.8, 4) is 0 Å². The number of sulfonamides is 1. The molecule has 4 nitrogen and oxygen atoms in total. The molecular weight excluding hydrogens is 263 g/mol. The molecule has 0 spiro atoms. The predicted molar refractivity (Wildman–Crippen MR) is 65.9 cm³/mol. The molecule has 0 aliphatic heterocycles. The van der Waals surface area contributed by atoms with Crippen molar-refractivity contribution in [2.45, 2.75) is 4.21 Å². The minimum Gasteiger partial charge on any atom is -0.396 e. The first-order valence-corrected chi connectivity index (χ1v) is 6.97. The summed E-state index contributed by atoms with van der Waals surface area (Å²) in [4.78, 5) is 0. The van der Waals surface area contributed by atoms with E-state index < -0.39 is 15.8 Å². The lowest BCUT2D eigenvalue weighted by molar-refractivity contribution is 0.603. The van der Waals surface area contributed by atoms with Crippen molar-refractivity contribution >= 4 is 32.7 Å². The number of hydrogen-bond donors (Lipinski definition) is 2. The third-order valence-corrected chi connectivity index (χ3v) is 4.79. The molecule has 1 aromatic carbocycles. The smallest absolute Gasteiger partial charge is 0.271 e. The van der Waals surface area contributed by atoms with Crippen LogP contribution in [0.3, 0.4) is 0 Å². The summed E-state index contributed by atoms with van der Waals surface area (Å²) in [6, 6.07) is 6.86. The van der Waals surface area contributed by atoms with E-state index in [-0.39, 0.29) is 15.6 Å². The summed E-state index contributed by atoms with van der Waals surface area (Å²) in [5, 5.41) is 1.65. The zero-order valence-electron chi connectivity index (χ0n) is 8.55. The van der Waals surface area contributed by atoms with Crippen LogP contribution in [-0.4, -0.2) is 8.42 Å². The van der Waals surface area contributed by atoms with Gasteiger partial charge in [-0.05, 0) is 23.6 Å². The Kier molecular flexibility index (Phi) is 3.03. The predicted octanol–water partition coefficient (Wildman–Crippen LogP) is 2.27. The molecular formula is C10H9FN2O2S2. The first-order chi connectivity index (χ1) is 7.99. The Balaban J connectivity index is 2.30. The van der Waals surface area contributed by atoms with Gasteiger partial charge in [0, 0.05) is 6.07 Å². The molecule has 3 N–H and O–H groups in total. The van der Waals surface area contributed by atoms with Crippen LogP contribution in [0.15, 0.2) is 39.9 Å². The molecule has 0 amide bonds. The zero-order valence-corrected chi connectivity index (χ0v) is 10.2. The van der Waals surface area contributed by atoms with Gasteiger partial charge < -0.3 is 5.73 Å². The maximum absolute atomic E-state index is 13.1. The Labute approximate surface area is 102 Å². The van der Waals surface area contributed by atoms with Crippen molar-refractivity contribution < 1.29 is 12.8 Å². The Hall–Kier alpha value is -1.60. The molecule has 0 atom stereocenters. The second-order valence-corrected chi connectivity index (χ2v) is 6.13. The standard InChI is InChI=1S/C10H9FN2O2S2/c11-8-6-7(3-4-9(8)12)13-17(14,15)10-2-1-5-16-10/h1-6,13H,12H2. The van der Waals surface area contributed by atoms with Gasteiger partial charge in [-0.15, -0.1) is 11.3 Å². The van der Waals surface area contributed by atoms with Crippen molar-refractivity contribution in [1.82, 2.24) is 0 Å². The molecule has 0 radical (unpaired) electrons. The Morgan fingerprint density at radius 3 is 2.65 bits per heavy atom. The molecule has 0 unspecified atom stereocenters. The van der Waals surface area contributed by atoms with Gasteiger partial charge in [-0.25, -0.2) is 12.8 Å². The highest BCUT2D eigenvalue weighted by molar-refractivity contribution is 7.94. The van der Waals surface area contributed by atoms with E-state index in [9.17, 15) is 12.8 Å². The average molecular weight is 272 g/mol. The van der Waals surface area contributed by atoms with Gasteiger partial charge in [0.2, 0.25) is 0 Å². The zero-order chi connectivity index (χ0) is 12.5. The molecule has 0 fully saturated rings. The lowest BCUT2D eigenvalue weighted by atomic mass is 10.3. The van der Waals surface area contributed by atoms with Gasteiger partial charge in [-0.3, -0.25) is 4.72 Å². The van der Waals surface area contributed by atoms with Crippen LogP contribution >= 0.6 is 11.3 Å². The quantitative estimate of drug-likeness (QED) is 0.842. The van der Waals surface area contributed by atoms with E-state index in [2.05, 4.69) is 4.72 Å². The summed E-state index contributed by atoms with van der Waals surface area (Å²) in [5.41, 5.74) is 5.42. The number of halogens is 1. The number of hydrogen-bond acceptors (Lipinski definition) is 4. The lowest BCUT2D eigenvalue weighted by Gasteiger charge is -2.06. The van der Waals surface area contributed by atoms with E-state index in [4.69, 9.17) is 5.73 Å². The van der Waals surface area contributed by atoms with Crippen LogP contribution in [0.2, 0.25) is 0 Å². The molecule has 17 heavy (non-hydrogen) atoms. The third kappa shape index (κ3) is 2.56. The van der Waals surface area contributed by atoms with Crippen molar-refractivity contribution in [2.75, 3.05) is 10.5 Å². The first kappa shape index (κ1) is 11.9. The number of nitrogens with two attached hydrogens (primary N) is 1. The molecule has 1 aromatic heterocycles. The minimum absolute atomic E-state index is 0.0240. The van der Waals surface area contributed by atoms with Crippen LogP contribution in [0.25, 0.3) is 0 Å². The molecule has 0 saturated heterocycles. The second-order valence-electron chi connectivity index (χ2n) is 3.27. The van der Waals surface area contributed by atoms with Gasteiger partial charge in [0.25, 0.3) is 10.0 Å². The highest BCUT2D eigenvalue weighted by Gasteiger charge is 2.15. The van der Waals surface area contributed by atoms with E-state index in [1.807, 2.05) is 0 Å². The van der Waals surface area contributed by atoms with Crippen LogP contribution < -0.4 is 10.5 Å². The molecule has 0 aliphatic carbocycles. The Morgan fingerprint density at radius 1 is 1.29 bits per heavy atom. The topological polar surface area (TPSA) is 72.2 Å². The fourth-order valence-electron chi connectivity index (χ4n) is 1.21. The molecule has 90 valence electrons. The third-order valence-electron chi connectivity index (χ3n) is 2.01. The summed E-state index contributed by atoms with van der Waals surface area (Å²) in [5.74, 6) is -0.656. The maximum Gasteiger partial charge on any atom is 0.271 e. The highest BCUT2D eigenvalue weighted by atomic mass is 32.2. The van der Waals surface area contributed by atoms with E-state index in [1.54, 1.807) is 11.4 Å². The number of nitrogens with one attached hydrogen (secondary N) is 1. The number of rotatable bonds is 3. The van der Waals surface area contributed by atoms with E-state index in [0.29, 0.717) is 0 Å². The number of benzene rings is 1. The normalized spacial score (nSPS) is 11.4. The monoisotopic (exact) mass is 272 g/mol. The molecule has 1 heterocycles. The van der Waals surface area contributed by atoms with Crippen molar-refractivity contribution in [1.29, 1.82) is 0 Å². The van der Waals surface area contributed by atoms with Gasteiger partial charge in [-0.1, -0.05) is 6.07 Å². The summed E-state index contributed by atoms with van der Waals surface area (Å²) >= 11 is 1.09. The number of anilines is 2. The average Bonchev–Trinajstić information content (AvgIpc) is 2.77. The molecule has 7 heteroatoms. The van der Waals surface area contributed by atoms with Crippen molar-refractivity contribution in [3.05, 3.63) is 41.5 Å². The van der Waals surface area contributed by atoms with Crippen LogP contribution in [0.5, 0.6) is 0 Å². The molecule has 0 saturated carbocycles. The number of nitrogen functional groups attached to an aromatic ring is 1. The van der Waals surface area contributed by atoms with Gasteiger partial charge in [0.15, 0.2) is 0 Å². The molecule has 0 bridgehead atoms. The van der Waals surface area contributed by atoms with E-state index in [0.717, 1.165) is 17.4 Å². The van der Waals surface area contributed by atoms with Crippen LogP contribution in [0.4, 0.5) is 15.8 Å². The maximum atomic E-state index is 13.1. The molecule has 2 aromatic rings.